The molecule has 0 saturated carbocycles. The molecule has 0 radical (unpaired) electrons. The molecule has 1 fully saturated rings. The Balaban J connectivity index is 2.86. The number of nitrogens with zero attached hydrogens (tertiary/aromatic N) is 1. The van der Waals surface area contributed by atoms with Gasteiger partial charge in [-0.05, 0) is 39.5 Å². The van der Waals surface area contributed by atoms with Crippen molar-refractivity contribution >= 4 is 0 Å². The highest BCUT2D eigenvalue weighted by Gasteiger charge is 2.40. The summed E-state index contributed by atoms with van der Waals surface area (Å²) in [6, 6.07) is 0.547. The average Bonchev–Trinajstić information content (AvgIpc) is 2.25. The molecule has 0 bridgehead atoms. The minimum Gasteiger partial charge on any atom is -0.378 e. The number of hydrogen-bond acceptors (Lipinski definition) is 3. The molecule has 1 saturated heterocycles. The van der Waals surface area contributed by atoms with E-state index in [-0.39, 0.29) is 5.54 Å². The van der Waals surface area contributed by atoms with E-state index >= 15 is 0 Å². The fourth-order valence-electron chi connectivity index (χ4n) is 3.06. The van der Waals surface area contributed by atoms with Gasteiger partial charge in [0.15, 0.2) is 0 Å². The fraction of sp³-hybridized carbons (Fsp3) is 1.00. The first kappa shape index (κ1) is 14.9. The van der Waals surface area contributed by atoms with Gasteiger partial charge in [0.25, 0.3) is 0 Å². The topological polar surface area (TPSA) is 38.5 Å². The zero-order valence-corrected chi connectivity index (χ0v) is 12.2. The van der Waals surface area contributed by atoms with Crippen LogP contribution in [0.25, 0.3) is 0 Å². The quantitative estimate of drug-likeness (QED) is 0.803. The Hall–Kier alpha value is -0.120. The van der Waals surface area contributed by atoms with Crippen molar-refractivity contribution < 1.29 is 4.74 Å². The molecule has 3 heteroatoms. The Morgan fingerprint density at radius 2 is 2.00 bits per heavy atom. The Labute approximate surface area is 107 Å². The van der Waals surface area contributed by atoms with Crippen molar-refractivity contribution in [1.82, 2.24) is 4.90 Å². The standard InChI is InChI=1S/C14H30N2O/c1-11(2)9-16(12(3)4)14(10-15)6-7-17-13(5)8-14/h11-13H,6-10,15H2,1-5H3. The first-order valence-electron chi connectivity index (χ1n) is 6.99. The van der Waals surface area contributed by atoms with Gasteiger partial charge < -0.3 is 10.5 Å². The number of rotatable bonds is 5. The van der Waals surface area contributed by atoms with Crippen LogP contribution in [-0.2, 0) is 4.74 Å². The second kappa shape index (κ2) is 6.17. The van der Waals surface area contributed by atoms with Gasteiger partial charge in [0.2, 0.25) is 0 Å². The molecule has 1 aliphatic rings. The Morgan fingerprint density at radius 1 is 1.35 bits per heavy atom. The van der Waals surface area contributed by atoms with E-state index < -0.39 is 0 Å². The maximum Gasteiger partial charge on any atom is 0.0565 e. The lowest BCUT2D eigenvalue weighted by Crippen LogP contribution is -2.61. The normalized spacial score (nSPS) is 30.5. The van der Waals surface area contributed by atoms with Gasteiger partial charge in [0.1, 0.15) is 0 Å². The molecule has 0 amide bonds. The van der Waals surface area contributed by atoms with E-state index in [0.717, 1.165) is 32.5 Å². The van der Waals surface area contributed by atoms with Gasteiger partial charge in [-0.2, -0.15) is 0 Å². The van der Waals surface area contributed by atoms with Gasteiger partial charge in [0.05, 0.1) is 6.10 Å². The van der Waals surface area contributed by atoms with Crippen LogP contribution >= 0.6 is 0 Å². The smallest absolute Gasteiger partial charge is 0.0565 e. The summed E-state index contributed by atoms with van der Waals surface area (Å²) in [5, 5.41) is 0. The maximum atomic E-state index is 6.12. The van der Waals surface area contributed by atoms with Crippen LogP contribution in [-0.4, -0.2) is 42.3 Å². The summed E-state index contributed by atoms with van der Waals surface area (Å²) >= 11 is 0. The van der Waals surface area contributed by atoms with Gasteiger partial charge in [-0.3, -0.25) is 4.90 Å². The van der Waals surface area contributed by atoms with Gasteiger partial charge in [-0.15, -0.1) is 0 Å². The third-order valence-electron chi connectivity index (χ3n) is 3.81. The zero-order valence-electron chi connectivity index (χ0n) is 12.2. The molecule has 1 rings (SSSR count). The minimum absolute atomic E-state index is 0.149. The SMILES string of the molecule is CC(C)CN(C(C)C)C1(CN)CCOC(C)C1. The summed E-state index contributed by atoms with van der Waals surface area (Å²) in [6.45, 7) is 14.0. The van der Waals surface area contributed by atoms with E-state index in [1.807, 2.05) is 0 Å². The van der Waals surface area contributed by atoms with Crippen molar-refractivity contribution in [3.63, 3.8) is 0 Å². The molecule has 0 spiro atoms. The van der Waals surface area contributed by atoms with Crippen LogP contribution in [0.2, 0.25) is 0 Å². The third kappa shape index (κ3) is 3.67. The fourth-order valence-corrected chi connectivity index (χ4v) is 3.06. The minimum atomic E-state index is 0.149. The molecule has 1 heterocycles. The summed E-state index contributed by atoms with van der Waals surface area (Å²) in [5.41, 5.74) is 6.27. The Morgan fingerprint density at radius 3 is 2.41 bits per heavy atom. The molecule has 0 aromatic heterocycles. The van der Waals surface area contributed by atoms with E-state index in [4.69, 9.17) is 10.5 Å². The van der Waals surface area contributed by atoms with Crippen LogP contribution in [0.1, 0.15) is 47.5 Å². The summed E-state index contributed by atoms with van der Waals surface area (Å²) in [4.78, 5) is 2.61. The van der Waals surface area contributed by atoms with E-state index in [1.165, 1.54) is 0 Å². The van der Waals surface area contributed by atoms with Crippen molar-refractivity contribution in [2.24, 2.45) is 11.7 Å². The van der Waals surface area contributed by atoms with Crippen LogP contribution in [0.3, 0.4) is 0 Å². The van der Waals surface area contributed by atoms with Crippen LogP contribution in [0.4, 0.5) is 0 Å². The Kier molecular flexibility index (Phi) is 5.42. The summed E-state index contributed by atoms with van der Waals surface area (Å²) < 4.78 is 5.69. The Bertz CT molecular complexity index is 230. The monoisotopic (exact) mass is 242 g/mol. The van der Waals surface area contributed by atoms with Crippen LogP contribution in [0, 0.1) is 5.92 Å². The molecule has 0 aromatic rings. The summed E-state index contributed by atoms with van der Waals surface area (Å²) in [6.07, 6.45) is 2.47. The van der Waals surface area contributed by atoms with E-state index in [9.17, 15) is 0 Å². The first-order valence-corrected chi connectivity index (χ1v) is 6.99. The van der Waals surface area contributed by atoms with Gasteiger partial charge in [-0.1, -0.05) is 13.8 Å². The summed E-state index contributed by atoms with van der Waals surface area (Å²) in [7, 11) is 0. The molecular formula is C14H30N2O. The second-order valence-electron chi connectivity index (χ2n) is 6.20. The molecule has 2 atom stereocenters. The van der Waals surface area contributed by atoms with Crippen molar-refractivity contribution in [2.75, 3.05) is 19.7 Å². The molecule has 2 N–H and O–H groups in total. The lowest BCUT2D eigenvalue weighted by molar-refractivity contribution is -0.0766. The molecule has 17 heavy (non-hydrogen) atoms. The second-order valence-corrected chi connectivity index (χ2v) is 6.20. The molecule has 0 aliphatic carbocycles. The number of nitrogens with two attached hydrogens (primary N) is 1. The van der Waals surface area contributed by atoms with Crippen LogP contribution in [0.15, 0.2) is 0 Å². The maximum absolute atomic E-state index is 6.12. The molecular weight excluding hydrogens is 212 g/mol. The summed E-state index contributed by atoms with van der Waals surface area (Å²) in [5.74, 6) is 0.680. The number of hydrogen-bond donors (Lipinski definition) is 1. The van der Waals surface area contributed by atoms with Gasteiger partial charge in [0, 0.05) is 31.3 Å². The molecule has 102 valence electrons. The van der Waals surface area contributed by atoms with E-state index in [2.05, 4.69) is 39.5 Å². The van der Waals surface area contributed by atoms with Crippen LogP contribution in [0.5, 0.6) is 0 Å². The zero-order chi connectivity index (χ0) is 13.1. The molecule has 1 aliphatic heterocycles. The predicted molar refractivity (Wildman–Crippen MR) is 73.1 cm³/mol. The lowest BCUT2D eigenvalue weighted by Gasteiger charge is -2.50. The van der Waals surface area contributed by atoms with Crippen molar-refractivity contribution in [2.45, 2.75) is 65.1 Å². The van der Waals surface area contributed by atoms with Gasteiger partial charge in [-0.25, -0.2) is 0 Å². The van der Waals surface area contributed by atoms with Crippen molar-refractivity contribution in [3.8, 4) is 0 Å². The first-order chi connectivity index (χ1) is 7.91. The molecule has 3 nitrogen and oxygen atoms in total. The van der Waals surface area contributed by atoms with Gasteiger partial charge >= 0.3 is 0 Å². The van der Waals surface area contributed by atoms with E-state index in [0.29, 0.717) is 18.1 Å². The predicted octanol–water partition coefficient (Wildman–Crippen LogP) is 2.25. The largest absolute Gasteiger partial charge is 0.378 e. The lowest BCUT2D eigenvalue weighted by atomic mass is 9.83. The average molecular weight is 242 g/mol. The third-order valence-corrected chi connectivity index (χ3v) is 3.81. The highest BCUT2D eigenvalue weighted by molar-refractivity contribution is 4.97. The highest BCUT2D eigenvalue weighted by atomic mass is 16.5. The molecule has 2 unspecified atom stereocenters. The highest BCUT2D eigenvalue weighted by Crippen LogP contribution is 2.32. The number of ether oxygens (including phenoxy) is 1. The van der Waals surface area contributed by atoms with Crippen molar-refractivity contribution in [1.29, 1.82) is 0 Å². The van der Waals surface area contributed by atoms with Crippen molar-refractivity contribution in [3.05, 3.63) is 0 Å². The van der Waals surface area contributed by atoms with Crippen LogP contribution < -0.4 is 5.73 Å². The van der Waals surface area contributed by atoms with E-state index in [1.54, 1.807) is 0 Å². The molecule has 0 aromatic carbocycles.